The lowest BCUT2D eigenvalue weighted by Crippen LogP contribution is -2.65. The van der Waals surface area contributed by atoms with Crippen molar-refractivity contribution in [2.75, 3.05) is 6.54 Å². The van der Waals surface area contributed by atoms with Gasteiger partial charge in [0.1, 0.15) is 11.9 Å². The van der Waals surface area contributed by atoms with Crippen LogP contribution in [0.3, 0.4) is 0 Å². The van der Waals surface area contributed by atoms with Gasteiger partial charge in [0.05, 0.1) is 23.5 Å². The fourth-order valence-corrected chi connectivity index (χ4v) is 13.8. The molecule has 0 amide bonds. The van der Waals surface area contributed by atoms with Crippen molar-refractivity contribution < 1.29 is 24.2 Å². The number of allylic oxidation sites excluding steroid dienone is 2. The minimum Gasteiger partial charge on any atom is -0.481 e. The third-order valence-electron chi connectivity index (χ3n) is 16.9. The quantitative estimate of drug-likeness (QED) is 0.225. The van der Waals surface area contributed by atoms with E-state index in [1.807, 2.05) is 12.1 Å². The molecule has 0 unspecified atom stereocenters. The van der Waals surface area contributed by atoms with Gasteiger partial charge in [-0.2, -0.15) is 5.26 Å². The number of nitrogens with zero attached hydrogens (tertiary/aromatic N) is 4. The molecule has 3 N–H and O–H groups in total. The van der Waals surface area contributed by atoms with Gasteiger partial charge in [-0.25, -0.2) is 0 Å². The van der Waals surface area contributed by atoms with Crippen molar-refractivity contribution in [3.8, 4) is 17.5 Å². The van der Waals surface area contributed by atoms with Crippen molar-refractivity contribution in [3.63, 3.8) is 0 Å². The van der Waals surface area contributed by atoms with E-state index in [4.69, 9.17) is 20.7 Å². The number of rotatable bonds is 10. The Morgan fingerprint density at radius 2 is 1.68 bits per heavy atom. The maximum Gasteiger partial charge on any atom is 0.309 e. The first kappa shape index (κ1) is 41.3. The fraction of sp³-hybridized carbons (Fsp3) is 0.702. The number of nitrogens with two attached hydrogens (primary N) is 1. The standard InChI is InChI=1S/C47H65N5O5/c1-28(2)38-32(53)24-47(25-36-50-51-40(52(36)23-22-48)30-12-10-29(27-49)11-13-30)21-20-45(8)31(39(38)47)14-15-34-44(7)18-17-35(57-37(54)26-42(3,4)41(55)56)43(5,6)33(44)16-19-46(34,45)9/h10-13,28,31,33-35H,14-26,48H2,1-9H3,(H,55,56)/t31-,33+,34-,35+,44+,45-,46-,47+/m1/s1. The van der Waals surface area contributed by atoms with Gasteiger partial charge in [-0.15, -0.1) is 10.2 Å². The number of hydrogen-bond donors (Lipinski definition) is 2. The van der Waals surface area contributed by atoms with E-state index in [-0.39, 0.29) is 45.5 Å². The molecule has 0 aliphatic heterocycles. The molecule has 57 heavy (non-hydrogen) atoms. The number of aromatic nitrogens is 3. The smallest absolute Gasteiger partial charge is 0.309 e. The molecule has 4 fully saturated rings. The van der Waals surface area contributed by atoms with Crippen molar-refractivity contribution in [2.24, 2.45) is 61.9 Å². The van der Waals surface area contributed by atoms with Gasteiger partial charge in [-0.3, -0.25) is 14.4 Å². The van der Waals surface area contributed by atoms with Crippen molar-refractivity contribution in [1.82, 2.24) is 14.8 Å². The SMILES string of the molecule is CC(C)C1=C2[C@H]3CC[C@@H]4[C@@]5(C)CC[C@H](OC(=O)CC(C)(C)C(=O)O)C(C)(C)[C@@H]5CC[C@@]4(C)[C@]3(C)CC[C@@]2(Cc2nnc(-c3ccc(C#N)cc3)n2CCN)CC1=O. The monoisotopic (exact) mass is 779 g/mol. The van der Waals surface area contributed by atoms with Crippen LogP contribution in [0, 0.1) is 67.5 Å². The zero-order valence-corrected chi connectivity index (χ0v) is 35.8. The molecule has 5 aliphatic carbocycles. The number of esters is 1. The maximum atomic E-state index is 14.3. The van der Waals surface area contributed by atoms with E-state index in [0.29, 0.717) is 55.0 Å². The molecule has 308 valence electrons. The number of ether oxygens (including phenoxy) is 1. The van der Waals surface area contributed by atoms with Crippen LogP contribution in [0.5, 0.6) is 0 Å². The first-order chi connectivity index (χ1) is 26.7. The van der Waals surface area contributed by atoms with Gasteiger partial charge in [0.25, 0.3) is 0 Å². The van der Waals surface area contributed by atoms with Crippen molar-refractivity contribution in [3.05, 3.63) is 46.8 Å². The van der Waals surface area contributed by atoms with Gasteiger partial charge in [0.15, 0.2) is 11.6 Å². The van der Waals surface area contributed by atoms with Crippen LogP contribution in [0.25, 0.3) is 11.4 Å². The average Bonchev–Trinajstić information content (AvgIpc) is 3.66. The number of carboxylic acids is 1. The van der Waals surface area contributed by atoms with Crippen LogP contribution in [0.4, 0.5) is 0 Å². The summed E-state index contributed by atoms with van der Waals surface area (Å²) in [5, 5.41) is 28.5. The summed E-state index contributed by atoms with van der Waals surface area (Å²) in [5.74, 6) is 1.77. The van der Waals surface area contributed by atoms with E-state index in [9.17, 15) is 24.8 Å². The Labute approximate surface area is 339 Å². The number of nitriles is 1. The first-order valence-electron chi connectivity index (χ1n) is 21.5. The van der Waals surface area contributed by atoms with E-state index in [1.54, 1.807) is 26.0 Å². The van der Waals surface area contributed by atoms with Crippen LogP contribution in [-0.4, -0.2) is 50.2 Å². The van der Waals surface area contributed by atoms with Crippen LogP contribution >= 0.6 is 0 Å². The summed E-state index contributed by atoms with van der Waals surface area (Å²) < 4.78 is 8.34. The number of carboxylic acid groups (broad SMARTS) is 1. The van der Waals surface area contributed by atoms with Gasteiger partial charge in [0, 0.05) is 42.3 Å². The van der Waals surface area contributed by atoms with E-state index >= 15 is 0 Å². The predicted octanol–water partition coefficient (Wildman–Crippen LogP) is 8.71. The summed E-state index contributed by atoms with van der Waals surface area (Å²) in [5.41, 5.74) is 8.52. The summed E-state index contributed by atoms with van der Waals surface area (Å²) >= 11 is 0. The summed E-state index contributed by atoms with van der Waals surface area (Å²) in [6.07, 6.45) is 8.79. The number of carbonyl (C=O) groups excluding carboxylic acids is 2. The zero-order chi connectivity index (χ0) is 41.5. The Morgan fingerprint density at radius 3 is 2.32 bits per heavy atom. The van der Waals surface area contributed by atoms with Crippen LogP contribution in [0.2, 0.25) is 0 Å². The molecule has 0 spiro atoms. The normalized spacial score (nSPS) is 34.5. The zero-order valence-electron chi connectivity index (χ0n) is 35.8. The number of hydrogen-bond acceptors (Lipinski definition) is 8. The van der Waals surface area contributed by atoms with Gasteiger partial charge in [-0.05, 0) is 135 Å². The maximum absolute atomic E-state index is 14.3. The summed E-state index contributed by atoms with van der Waals surface area (Å²) in [7, 11) is 0. The summed E-state index contributed by atoms with van der Waals surface area (Å²) in [6.45, 7) is 20.8. The molecule has 1 aromatic heterocycles. The number of aliphatic carboxylic acids is 1. The Morgan fingerprint density at radius 1 is 0.982 bits per heavy atom. The predicted molar refractivity (Wildman–Crippen MR) is 218 cm³/mol. The Hall–Kier alpha value is -3.84. The topological polar surface area (TPSA) is 161 Å². The molecule has 7 rings (SSSR count). The second-order valence-corrected chi connectivity index (χ2v) is 20.9. The number of carbonyl (C=O) groups is 3. The molecular weight excluding hydrogens is 715 g/mol. The van der Waals surface area contributed by atoms with Crippen molar-refractivity contribution in [1.29, 1.82) is 5.26 Å². The minimum absolute atomic E-state index is 0.00193. The second-order valence-electron chi connectivity index (χ2n) is 20.9. The molecule has 2 aromatic rings. The number of fused-ring (bicyclic) bond motifs is 7. The molecule has 8 atom stereocenters. The summed E-state index contributed by atoms with van der Waals surface area (Å²) in [6, 6.07) is 9.65. The molecule has 10 nitrogen and oxygen atoms in total. The van der Waals surface area contributed by atoms with Gasteiger partial charge in [-0.1, -0.05) is 54.0 Å². The molecule has 5 aliphatic rings. The minimum atomic E-state index is -1.17. The highest BCUT2D eigenvalue weighted by atomic mass is 16.5. The van der Waals surface area contributed by atoms with E-state index in [0.717, 1.165) is 74.2 Å². The number of benzene rings is 1. The highest BCUT2D eigenvalue weighted by Crippen LogP contribution is 2.77. The van der Waals surface area contributed by atoms with Crippen LogP contribution in [-0.2, 0) is 32.1 Å². The Kier molecular flexibility index (Phi) is 10.3. The molecule has 4 saturated carbocycles. The highest BCUT2D eigenvalue weighted by Gasteiger charge is 2.70. The van der Waals surface area contributed by atoms with Crippen molar-refractivity contribution in [2.45, 2.75) is 146 Å². The van der Waals surface area contributed by atoms with E-state index in [2.05, 4.69) is 59.1 Å². The van der Waals surface area contributed by atoms with E-state index < -0.39 is 17.4 Å². The number of Topliss-reactive ketones (excluding diaryl/α,β-unsaturated/α-hetero) is 1. The van der Waals surface area contributed by atoms with Gasteiger partial charge in [0.2, 0.25) is 0 Å². The molecule has 0 bridgehead atoms. The van der Waals surface area contributed by atoms with Gasteiger partial charge < -0.3 is 20.1 Å². The molecule has 1 heterocycles. The van der Waals surface area contributed by atoms with Crippen LogP contribution in [0.15, 0.2) is 35.4 Å². The average molecular weight is 780 g/mol. The summed E-state index contributed by atoms with van der Waals surface area (Å²) in [4.78, 5) is 39.3. The first-order valence-corrected chi connectivity index (χ1v) is 21.5. The second kappa shape index (κ2) is 14.2. The lowest BCUT2D eigenvalue weighted by atomic mass is 9.33. The highest BCUT2D eigenvalue weighted by molar-refractivity contribution is 6.00. The molecule has 0 radical (unpaired) electrons. The number of ketones is 1. The third-order valence-corrected chi connectivity index (χ3v) is 16.9. The lowest BCUT2D eigenvalue weighted by molar-refractivity contribution is -0.233. The van der Waals surface area contributed by atoms with Crippen LogP contribution in [0.1, 0.15) is 138 Å². The molecular formula is C47H65N5O5. The third kappa shape index (κ3) is 6.31. The Bertz CT molecular complexity index is 2020. The largest absolute Gasteiger partial charge is 0.481 e. The molecule has 10 heteroatoms. The van der Waals surface area contributed by atoms with E-state index in [1.165, 1.54) is 5.57 Å². The van der Waals surface area contributed by atoms with Gasteiger partial charge >= 0.3 is 11.9 Å². The lowest BCUT2D eigenvalue weighted by Gasteiger charge is -2.72. The molecule has 1 aromatic carbocycles. The fourth-order valence-electron chi connectivity index (χ4n) is 13.8. The van der Waals surface area contributed by atoms with Crippen molar-refractivity contribution >= 4 is 17.7 Å². The van der Waals surface area contributed by atoms with Crippen LogP contribution < -0.4 is 5.73 Å². The molecule has 0 saturated heterocycles. The Balaban J connectivity index is 1.20.